The molecule has 9 heteroatoms. The van der Waals surface area contributed by atoms with Crippen molar-refractivity contribution in [1.29, 1.82) is 0 Å². The summed E-state index contributed by atoms with van der Waals surface area (Å²) in [4.78, 5) is 12.2. The van der Waals surface area contributed by atoms with Gasteiger partial charge in [0, 0.05) is 12.3 Å². The van der Waals surface area contributed by atoms with E-state index in [1.165, 1.54) is 22.7 Å². The van der Waals surface area contributed by atoms with Crippen LogP contribution in [-0.4, -0.2) is 26.3 Å². The van der Waals surface area contributed by atoms with E-state index in [0.717, 1.165) is 41.3 Å². The van der Waals surface area contributed by atoms with Gasteiger partial charge in [0.05, 0.1) is 6.42 Å². The summed E-state index contributed by atoms with van der Waals surface area (Å²) < 4.78 is 0. The number of carbonyl (C=O) groups is 1. The summed E-state index contributed by atoms with van der Waals surface area (Å²) in [5.74, 6) is 0.905. The monoisotopic (exact) mass is 400 g/mol. The van der Waals surface area contributed by atoms with Crippen LogP contribution in [0, 0.1) is 5.92 Å². The third-order valence-electron chi connectivity index (χ3n) is 4.73. The number of amides is 1. The van der Waals surface area contributed by atoms with Gasteiger partial charge in [0.25, 0.3) is 0 Å². The summed E-state index contributed by atoms with van der Waals surface area (Å²) in [6, 6.07) is 9.68. The lowest BCUT2D eigenvalue weighted by Gasteiger charge is -2.06. The summed E-state index contributed by atoms with van der Waals surface area (Å²) >= 11 is 2.95. The number of nitrogen functional groups attached to an aromatic ring is 1. The Labute approximate surface area is 165 Å². The molecule has 1 fully saturated rings. The lowest BCUT2D eigenvalue weighted by atomic mass is 10.0. The van der Waals surface area contributed by atoms with Gasteiger partial charge >= 0.3 is 0 Å². The molecule has 7 nitrogen and oxygen atoms in total. The molecule has 140 valence electrons. The zero-order valence-corrected chi connectivity index (χ0v) is 16.3. The van der Waals surface area contributed by atoms with Crippen molar-refractivity contribution in [3.05, 3.63) is 45.9 Å². The van der Waals surface area contributed by atoms with Crippen LogP contribution in [0.1, 0.15) is 40.8 Å². The van der Waals surface area contributed by atoms with Crippen LogP contribution >= 0.6 is 22.7 Å². The van der Waals surface area contributed by atoms with Crippen molar-refractivity contribution >= 4 is 38.8 Å². The normalized spacial score (nSPS) is 19.3. The maximum absolute atomic E-state index is 12.2. The van der Waals surface area contributed by atoms with Crippen molar-refractivity contribution in [3.8, 4) is 0 Å². The summed E-state index contributed by atoms with van der Waals surface area (Å²) in [7, 11) is 0. The molecule has 1 unspecified atom stereocenters. The Morgan fingerprint density at radius 3 is 2.74 bits per heavy atom. The summed E-state index contributed by atoms with van der Waals surface area (Å²) in [6.07, 6.45) is 4.55. The number of benzene rings is 1. The summed E-state index contributed by atoms with van der Waals surface area (Å²) in [5, 5.41) is 22.4. The molecule has 1 saturated carbocycles. The van der Waals surface area contributed by atoms with Gasteiger partial charge < -0.3 is 11.1 Å². The van der Waals surface area contributed by atoms with Gasteiger partial charge in [0.1, 0.15) is 10.0 Å². The minimum absolute atomic E-state index is 0.0675. The Kier molecular flexibility index (Phi) is 5.40. The van der Waals surface area contributed by atoms with Gasteiger partial charge in [-0.3, -0.25) is 4.79 Å². The SMILES string of the molecule is Nc1nnc(CC2CC[C@H](c3nnc(NC(=O)Cc4ccccc4)s3)C2)s1. The van der Waals surface area contributed by atoms with Crippen LogP contribution in [0.4, 0.5) is 10.3 Å². The molecule has 0 saturated heterocycles. The van der Waals surface area contributed by atoms with Gasteiger partial charge in [-0.2, -0.15) is 0 Å². The van der Waals surface area contributed by atoms with Crippen molar-refractivity contribution in [3.63, 3.8) is 0 Å². The Bertz CT molecular complexity index is 909. The number of nitrogens with zero attached hydrogens (tertiary/aromatic N) is 4. The first kappa shape index (κ1) is 18.0. The Morgan fingerprint density at radius 1 is 1.11 bits per heavy atom. The highest BCUT2D eigenvalue weighted by atomic mass is 32.1. The molecule has 3 N–H and O–H groups in total. The maximum atomic E-state index is 12.2. The molecule has 0 radical (unpaired) electrons. The van der Waals surface area contributed by atoms with Crippen LogP contribution in [0.25, 0.3) is 0 Å². The predicted molar refractivity (Wildman–Crippen MR) is 107 cm³/mol. The van der Waals surface area contributed by atoms with Crippen molar-refractivity contribution in [2.75, 3.05) is 11.1 Å². The largest absolute Gasteiger partial charge is 0.374 e. The van der Waals surface area contributed by atoms with Gasteiger partial charge in [-0.05, 0) is 30.7 Å². The van der Waals surface area contributed by atoms with E-state index in [1.54, 1.807) is 0 Å². The quantitative estimate of drug-likeness (QED) is 0.658. The standard InChI is InChI=1S/C18H20N6OS2/c19-17-23-21-15(26-17)10-12-6-7-13(8-12)16-22-24-18(27-16)20-14(25)9-11-4-2-1-3-5-11/h1-5,12-13H,6-10H2,(H2,19,23)(H,20,24,25)/t12?,13-/m0/s1. The highest BCUT2D eigenvalue weighted by Crippen LogP contribution is 2.41. The van der Waals surface area contributed by atoms with E-state index in [4.69, 9.17) is 5.73 Å². The van der Waals surface area contributed by atoms with E-state index in [2.05, 4.69) is 25.7 Å². The molecule has 0 bridgehead atoms. The smallest absolute Gasteiger partial charge is 0.230 e. The molecule has 1 aromatic carbocycles. The molecular weight excluding hydrogens is 380 g/mol. The first-order valence-electron chi connectivity index (χ1n) is 8.90. The Balaban J connectivity index is 1.31. The number of anilines is 2. The van der Waals surface area contributed by atoms with Gasteiger partial charge in [-0.1, -0.05) is 53.0 Å². The fourth-order valence-electron chi connectivity index (χ4n) is 3.48. The minimum atomic E-state index is -0.0675. The third kappa shape index (κ3) is 4.67. The lowest BCUT2D eigenvalue weighted by molar-refractivity contribution is -0.115. The number of carbonyl (C=O) groups excluding carboxylic acids is 1. The molecular formula is C18H20N6OS2. The van der Waals surface area contributed by atoms with Gasteiger partial charge in [-0.25, -0.2) is 0 Å². The fraction of sp³-hybridized carbons (Fsp3) is 0.389. The second-order valence-corrected chi connectivity index (χ2v) is 8.87. The van der Waals surface area contributed by atoms with Crippen LogP contribution in [0.2, 0.25) is 0 Å². The summed E-state index contributed by atoms with van der Waals surface area (Å²) in [6.45, 7) is 0. The average molecular weight is 401 g/mol. The van der Waals surface area contributed by atoms with Gasteiger partial charge in [0.15, 0.2) is 0 Å². The van der Waals surface area contributed by atoms with Gasteiger partial charge in [-0.15, -0.1) is 20.4 Å². The van der Waals surface area contributed by atoms with E-state index in [0.29, 0.717) is 28.5 Å². The zero-order valence-electron chi connectivity index (χ0n) is 14.7. The number of nitrogens with two attached hydrogens (primary N) is 1. The molecule has 1 aliphatic rings. The van der Waals surface area contributed by atoms with Gasteiger partial charge in [0.2, 0.25) is 16.2 Å². The molecule has 0 aliphatic heterocycles. The van der Waals surface area contributed by atoms with Crippen LogP contribution in [0.15, 0.2) is 30.3 Å². The third-order valence-corrected chi connectivity index (χ3v) is 6.51. The topological polar surface area (TPSA) is 107 Å². The van der Waals surface area contributed by atoms with E-state index in [1.807, 2.05) is 30.3 Å². The second kappa shape index (κ2) is 8.10. The number of nitrogens with one attached hydrogen (secondary N) is 1. The average Bonchev–Trinajstić information content (AvgIpc) is 3.38. The van der Waals surface area contributed by atoms with E-state index < -0.39 is 0 Å². The Morgan fingerprint density at radius 2 is 1.96 bits per heavy atom. The number of hydrogen-bond acceptors (Lipinski definition) is 8. The maximum Gasteiger partial charge on any atom is 0.230 e. The van der Waals surface area contributed by atoms with Crippen molar-refractivity contribution in [2.24, 2.45) is 5.92 Å². The zero-order chi connectivity index (χ0) is 18.6. The molecule has 27 heavy (non-hydrogen) atoms. The van der Waals surface area contributed by atoms with Crippen LogP contribution in [0.3, 0.4) is 0 Å². The highest BCUT2D eigenvalue weighted by molar-refractivity contribution is 7.15. The van der Waals surface area contributed by atoms with E-state index in [9.17, 15) is 4.79 Å². The van der Waals surface area contributed by atoms with E-state index >= 15 is 0 Å². The molecule has 1 amide bonds. The molecule has 3 aromatic rings. The lowest BCUT2D eigenvalue weighted by Crippen LogP contribution is -2.14. The highest BCUT2D eigenvalue weighted by Gasteiger charge is 2.29. The van der Waals surface area contributed by atoms with Crippen molar-refractivity contribution in [1.82, 2.24) is 20.4 Å². The predicted octanol–water partition coefficient (Wildman–Crippen LogP) is 3.28. The fourth-order valence-corrected chi connectivity index (χ4v) is 5.11. The first-order valence-corrected chi connectivity index (χ1v) is 10.5. The molecule has 2 aromatic heterocycles. The molecule has 2 heterocycles. The summed E-state index contributed by atoms with van der Waals surface area (Å²) in [5.41, 5.74) is 6.64. The molecule has 2 atom stereocenters. The minimum Gasteiger partial charge on any atom is -0.374 e. The van der Waals surface area contributed by atoms with Crippen LogP contribution in [-0.2, 0) is 17.6 Å². The van der Waals surface area contributed by atoms with Crippen LogP contribution in [0.5, 0.6) is 0 Å². The van der Waals surface area contributed by atoms with Crippen LogP contribution < -0.4 is 11.1 Å². The van der Waals surface area contributed by atoms with Crippen molar-refractivity contribution in [2.45, 2.75) is 38.0 Å². The number of rotatable bonds is 6. The number of aromatic nitrogens is 4. The van der Waals surface area contributed by atoms with E-state index in [-0.39, 0.29) is 5.91 Å². The molecule has 4 rings (SSSR count). The molecule has 0 spiro atoms. The molecule has 1 aliphatic carbocycles. The second-order valence-electron chi connectivity index (χ2n) is 6.77. The van der Waals surface area contributed by atoms with Crippen molar-refractivity contribution < 1.29 is 4.79 Å². The Hall–Kier alpha value is -2.39. The number of hydrogen-bond donors (Lipinski definition) is 2. The first-order chi connectivity index (χ1) is 13.2.